The minimum absolute atomic E-state index is 0.802. The van der Waals surface area contributed by atoms with Gasteiger partial charge in [-0.3, -0.25) is 9.80 Å². The lowest BCUT2D eigenvalue weighted by molar-refractivity contribution is -0.00622. The molecular formula is C13H21N3S. The second kappa shape index (κ2) is 5.04. The first kappa shape index (κ1) is 11.6. The number of hydrogen-bond acceptors (Lipinski definition) is 4. The summed E-state index contributed by atoms with van der Waals surface area (Å²) in [5.41, 5.74) is 0. The van der Waals surface area contributed by atoms with Crippen molar-refractivity contribution in [3.63, 3.8) is 0 Å². The highest BCUT2D eigenvalue weighted by Gasteiger charge is 2.34. The molecule has 0 spiro atoms. The van der Waals surface area contributed by atoms with Gasteiger partial charge in [0.2, 0.25) is 0 Å². The fourth-order valence-corrected chi connectivity index (χ4v) is 3.72. The van der Waals surface area contributed by atoms with E-state index in [1.54, 1.807) is 11.3 Å². The van der Waals surface area contributed by atoms with Crippen molar-refractivity contribution in [2.75, 3.05) is 19.6 Å². The molecule has 1 aromatic heterocycles. The molecule has 0 radical (unpaired) electrons. The Hall–Kier alpha value is -0.450. The van der Waals surface area contributed by atoms with E-state index in [-0.39, 0.29) is 0 Å². The number of hydrogen-bond donors (Lipinski definition) is 0. The maximum atomic E-state index is 4.35. The van der Waals surface area contributed by atoms with Gasteiger partial charge in [-0.15, -0.1) is 11.3 Å². The zero-order valence-corrected chi connectivity index (χ0v) is 11.3. The Labute approximate surface area is 107 Å². The van der Waals surface area contributed by atoms with Gasteiger partial charge in [0, 0.05) is 36.8 Å². The van der Waals surface area contributed by atoms with Gasteiger partial charge in [-0.25, -0.2) is 4.98 Å². The maximum Gasteiger partial charge on any atom is 0.107 e. The number of thiazole rings is 1. The van der Waals surface area contributed by atoms with Crippen molar-refractivity contribution in [2.45, 2.75) is 44.8 Å². The minimum Gasteiger partial charge on any atom is -0.295 e. The van der Waals surface area contributed by atoms with Gasteiger partial charge in [-0.1, -0.05) is 6.42 Å². The Bertz CT molecular complexity index is 346. The maximum absolute atomic E-state index is 4.35. The Kier molecular flexibility index (Phi) is 3.45. The van der Waals surface area contributed by atoms with E-state index >= 15 is 0 Å². The van der Waals surface area contributed by atoms with Gasteiger partial charge in [0.1, 0.15) is 5.01 Å². The van der Waals surface area contributed by atoms with Crippen LogP contribution in [0.1, 0.15) is 31.2 Å². The van der Waals surface area contributed by atoms with Gasteiger partial charge in [-0.05, 0) is 26.3 Å². The molecule has 2 aliphatic rings. The third-order valence-electron chi connectivity index (χ3n) is 4.10. The van der Waals surface area contributed by atoms with Crippen LogP contribution < -0.4 is 0 Å². The lowest BCUT2D eigenvalue weighted by Gasteiger charge is -2.49. The Morgan fingerprint density at radius 1 is 1.41 bits per heavy atom. The highest BCUT2D eigenvalue weighted by molar-refractivity contribution is 7.09. The third-order valence-corrected chi connectivity index (χ3v) is 4.87. The van der Waals surface area contributed by atoms with Crippen molar-refractivity contribution < 1.29 is 0 Å². The van der Waals surface area contributed by atoms with E-state index in [0.29, 0.717) is 0 Å². The molecule has 17 heavy (non-hydrogen) atoms. The van der Waals surface area contributed by atoms with Crippen LogP contribution in [0.5, 0.6) is 0 Å². The molecule has 94 valence electrons. The third kappa shape index (κ3) is 2.54. The molecule has 3 nitrogen and oxygen atoms in total. The van der Waals surface area contributed by atoms with Crippen LogP contribution in [-0.2, 0) is 6.54 Å². The first-order valence-electron chi connectivity index (χ1n) is 6.69. The first-order chi connectivity index (χ1) is 8.33. The molecule has 0 aliphatic carbocycles. The van der Waals surface area contributed by atoms with Crippen molar-refractivity contribution in [2.24, 2.45) is 0 Å². The molecule has 0 amide bonds. The molecule has 0 saturated carbocycles. The second-order valence-corrected chi connectivity index (χ2v) is 6.34. The molecule has 2 fully saturated rings. The molecule has 3 rings (SSSR count). The van der Waals surface area contributed by atoms with Gasteiger partial charge in [0.05, 0.1) is 6.54 Å². The normalized spacial score (nSPS) is 28.2. The number of piperidine rings is 1. The van der Waals surface area contributed by atoms with Crippen molar-refractivity contribution in [1.29, 1.82) is 0 Å². The standard InChI is InChI=1S/C13H21N3S/c1-11-4-2-3-6-16(11)12-8-15(9-12)10-13-14-5-7-17-13/h5,7,11-12H,2-4,6,8-10H2,1H3/t11-/m1/s1. The fraction of sp³-hybridized carbons (Fsp3) is 0.769. The lowest BCUT2D eigenvalue weighted by atomic mass is 9.97. The van der Waals surface area contributed by atoms with Crippen molar-refractivity contribution >= 4 is 11.3 Å². The number of likely N-dealkylation sites (tertiary alicyclic amines) is 2. The van der Waals surface area contributed by atoms with E-state index < -0.39 is 0 Å². The largest absolute Gasteiger partial charge is 0.295 e. The molecule has 0 unspecified atom stereocenters. The molecule has 0 N–H and O–H groups in total. The van der Waals surface area contributed by atoms with Crippen LogP contribution in [0.4, 0.5) is 0 Å². The van der Waals surface area contributed by atoms with Crippen molar-refractivity contribution in [3.8, 4) is 0 Å². The van der Waals surface area contributed by atoms with Gasteiger partial charge in [0.25, 0.3) is 0 Å². The van der Waals surface area contributed by atoms with Gasteiger partial charge in [0.15, 0.2) is 0 Å². The molecule has 0 bridgehead atoms. The lowest BCUT2D eigenvalue weighted by Crippen LogP contribution is -2.61. The van der Waals surface area contributed by atoms with Crippen LogP contribution in [0.3, 0.4) is 0 Å². The Morgan fingerprint density at radius 2 is 2.29 bits per heavy atom. The predicted octanol–water partition coefficient (Wildman–Crippen LogP) is 2.20. The van der Waals surface area contributed by atoms with E-state index in [0.717, 1.165) is 18.6 Å². The smallest absolute Gasteiger partial charge is 0.107 e. The van der Waals surface area contributed by atoms with Gasteiger partial charge >= 0.3 is 0 Å². The summed E-state index contributed by atoms with van der Waals surface area (Å²) < 4.78 is 0. The highest BCUT2D eigenvalue weighted by atomic mass is 32.1. The molecule has 2 saturated heterocycles. The summed E-state index contributed by atoms with van der Waals surface area (Å²) in [6, 6.07) is 1.61. The average Bonchev–Trinajstić information content (AvgIpc) is 2.77. The monoisotopic (exact) mass is 251 g/mol. The first-order valence-corrected chi connectivity index (χ1v) is 7.57. The van der Waals surface area contributed by atoms with Crippen LogP contribution in [0.25, 0.3) is 0 Å². The van der Waals surface area contributed by atoms with Crippen LogP contribution >= 0.6 is 11.3 Å². The van der Waals surface area contributed by atoms with Crippen LogP contribution in [-0.4, -0.2) is 46.5 Å². The molecule has 0 aromatic carbocycles. The molecular weight excluding hydrogens is 230 g/mol. The summed E-state index contributed by atoms with van der Waals surface area (Å²) >= 11 is 1.77. The highest BCUT2D eigenvalue weighted by Crippen LogP contribution is 2.25. The Morgan fingerprint density at radius 3 is 3.00 bits per heavy atom. The van der Waals surface area contributed by atoms with Crippen molar-refractivity contribution in [3.05, 3.63) is 16.6 Å². The summed E-state index contributed by atoms with van der Waals surface area (Å²) in [5, 5.41) is 3.33. The SMILES string of the molecule is C[C@@H]1CCCCN1C1CN(Cc2nccs2)C1. The number of nitrogens with zero attached hydrogens (tertiary/aromatic N) is 3. The van der Waals surface area contributed by atoms with E-state index in [2.05, 4.69) is 27.1 Å². The number of rotatable bonds is 3. The quantitative estimate of drug-likeness (QED) is 0.821. The van der Waals surface area contributed by atoms with Crippen molar-refractivity contribution in [1.82, 2.24) is 14.8 Å². The van der Waals surface area contributed by atoms with Crippen LogP contribution in [0, 0.1) is 0 Å². The zero-order chi connectivity index (χ0) is 11.7. The number of aromatic nitrogens is 1. The van der Waals surface area contributed by atoms with E-state index in [1.165, 1.54) is 43.9 Å². The molecule has 1 atom stereocenters. The predicted molar refractivity (Wildman–Crippen MR) is 71.2 cm³/mol. The summed E-state index contributed by atoms with van der Waals surface area (Å²) in [7, 11) is 0. The molecule has 1 aromatic rings. The van der Waals surface area contributed by atoms with Gasteiger partial charge < -0.3 is 0 Å². The summed E-state index contributed by atoms with van der Waals surface area (Å²) in [4.78, 5) is 9.60. The molecule has 4 heteroatoms. The summed E-state index contributed by atoms with van der Waals surface area (Å²) in [6.07, 6.45) is 6.12. The van der Waals surface area contributed by atoms with Gasteiger partial charge in [-0.2, -0.15) is 0 Å². The minimum atomic E-state index is 0.802. The summed E-state index contributed by atoms with van der Waals surface area (Å²) in [5.74, 6) is 0. The average molecular weight is 251 g/mol. The van der Waals surface area contributed by atoms with E-state index in [1.807, 2.05) is 6.20 Å². The topological polar surface area (TPSA) is 19.4 Å². The fourth-order valence-electron chi connectivity index (χ4n) is 3.07. The Balaban J connectivity index is 1.47. The second-order valence-electron chi connectivity index (χ2n) is 5.36. The zero-order valence-electron chi connectivity index (χ0n) is 10.5. The summed E-state index contributed by atoms with van der Waals surface area (Å²) in [6.45, 7) is 7.24. The van der Waals surface area contributed by atoms with E-state index in [9.17, 15) is 0 Å². The van der Waals surface area contributed by atoms with Crippen LogP contribution in [0.2, 0.25) is 0 Å². The molecule has 2 aliphatic heterocycles. The molecule has 3 heterocycles. The van der Waals surface area contributed by atoms with E-state index in [4.69, 9.17) is 0 Å². The van der Waals surface area contributed by atoms with Crippen LogP contribution in [0.15, 0.2) is 11.6 Å².